The third-order valence-electron chi connectivity index (χ3n) is 12.2. The molecule has 0 aromatic heterocycles. The van der Waals surface area contributed by atoms with Gasteiger partial charge in [0.15, 0.2) is 0 Å². The minimum absolute atomic E-state index is 0.0264. The molecule has 360 valence electrons. The maximum absolute atomic E-state index is 14.8. The summed E-state index contributed by atoms with van der Waals surface area (Å²) in [5.41, 5.74) is 3.63. The first-order valence-corrected chi connectivity index (χ1v) is 23.4. The molecule has 3 aromatic rings. The number of alkyl carbamates (subject to hydrolysis) is 2. The smallest absolute Gasteiger partial charge is 0.407 e. The first kappa shape index (κ1) is 50.2. The second-order valence-electron chi connectivity index (χ2n) is 19.4. The molecule has 3 N–H and O–H groups in total. The van der Waals surface area contributed by atoms with E-state index in [0.717, 1.165) is 27.8 Å². The summed E-state index contributed by atoms with van der Waals surface area (Å²) in [4.78, 5) is 86.2. The molecule has 5 amide bonds. The van der Waals surface area contributed by atoms with Crippen LogP contribution in [0.1, 0.15) is 103 Å². The number of carbonyl (C=O) groups excluding carboxylic acids is 6. The molecule has 2 fully saturated rings. The Kier molecular flexibility index (Phi) is 16.9. The lowest BCUT2D eigenvalue weighted by atomic mass is 9.88. The highest BCUT2D eigenvalue weighted by molar-refractivity contribution is 5.96. The fourth-order valence-electron chi connectivity index (χ4n) is 8.89. The number of nitrogens with one attached hydrogen (secondary N) is 3. The van der Waals surface area contributed by atoms with E-state index in [1.807, 2.05) is 99.6 Å². The molecule has 2 saturated heterocycles. The third-order valence-corrected chi connectivity index (χ3v) is 12.2. The summed E-state index contributed by atoms with van der Waals surface area (Å²) in [7, 11) is 0. The number of piperidine rings is 1. The molecule has 2 aliphatic heterocycles. The molecule has 1 aliphatic carbocycles. The molecule has 67 heavy (non-hydrogen) atoms. The normalized spacial score (nSPS) is 19.1. The molecule has 2 heterocycles. The van der Waals surface area contributed by atoms with Gasteiger partial charge in [0, 0.05) is 31.5 Å². The Bertz CT molecular complexity index is 2190. The fourth-order valence-corrected chi connectivity index (χ4v) is 8.89. The molecule has 6 rings (SSSR count). The average Bonchev–Trinajstić information content (AvgIpc) is 3.91. The van der Waals surface area contributed by atoms with Gasteiger partial charge in [-0.05, 0) is 108 Å². The highest BCUT2D eigenvalue weighted by atomic mass is 16.6. The quantitative estimate of drug-likeness (QED) is 0.0519. The SMILES string of the molecule is C=C[C@@H]1CCN([C@@H](CCCCNC(=O)OCc2ccccc2)C(=O)N2CCC[C@H]2C(=O)OC(C)(C)C)C(=O)[C@H]1NC(=O)[C@H](COC(C)(C)C)NC(=O)OCC1c2ccccc2-c2ccccc21. The van der Waals surface area contributed by atoms with Crippen LogP contribution in [0.5, 0.6) is 0 Å². The number of nitrogens with zero attached hydrogens (tertiary/aromatic N) is 2. The minimum Gasteiger partial charge on any atom is -0.458 e. The van der Waals surface area contributed by atoms with Crippen LogP contribution in [0.3, 0.4) is 0 Å². The van der Waals surface area contributed by atoms with Gasteiger partial charge in [0.2, 0.25) is 17.7 Å². The van der Waals surface area contributed by atoms with E-state index in [9.17, 15) is 28.8 Å². The van der Waals surface area contributed by atoms with Crippen molar-refractivity contribution in [1.29, 1.82) is 0 Å². The maximum atomic E-state index is 14.8. The van der Waals surface area contributed by atoms with Gasteiger partial charge in [-0.1, -0.05) is 84.9 Å². The van der Waals surface area contributed by atoms with Gasteiger partial charge in [-0.2, -0.15) is 0 Å². The van der Waals surface area contributed by atoms with Crippen LogP contribution >= 0.6 is 0 Å². The summed E-state index contributed by atoms with van der Waals surface area (Å²) in [5, 5.41) is 8.32. The van der Waals surface area contributed by atoms with E-state index in [2.05, 4.69) is 22.5 Å². The predicted octanol–water partition coefficient (Wildman–Crippen LogP) is 7.03. The van der Waals surface area contributed by atoms with Crippen molar-refractivity contribution in [1.82, 2.24) is 25.8 Å². The summed E-state index contributed by atoms with van der Waals surface area (Å²) in [5.74, 6) is -2.80. The Labute approximate surface area is 394 Å². The lowest BCUT2D eigenvalue weighted by molar-refractivity contribution is -0.165. The second kappa shape index (κ2) is 22.5. The van der Waals surface area contributed by atoms with Gasteiger partial charge in [-0.25, -0.2) is 14.4 Å². The van der Waals surface area contributed by atoms with Crippen LogP contribution in [-0.2, 0) is 44.7 Å². The number of likely N-dealkylation sites (tertiary alicyclic amines) is 2. The van der Waals surface area contributed by atoms with Crippen molar-refractivity contribution in [2.75, 3.05) is 32.8 Å². The van der Waals surface area contributed by atoms with E-state index in [1.54, 1.807) is 26.8 Å². The van der Waals surface area contributed by atoms with Gasteiger partial charge in [0.25, 0.3) is 0 Å². The number of rotatable bonds is 18. The van der Waals surface area contributed by atoms with Crippen molar-refractivity contribution < 1.29 is 47.7 Å². The van der Waals surface area contributed by atoms with Crippen LogP contribution in [-0.4, -0.2) is 114 Å². The highest BCUT2D eigenvalue weighted by Gasteiger charge is 2.46. The fraction of sp³-hybridized carbons (Fsp3) is 0.500. The zero-order valence-electron chi connectivity index (χ0n) is 39.7. The van der Waals surface area contributed by atoms with Crippen molar-refractivity contribution in [3.8, 4) is 11.1 Å². The van der Waals surface area contributed by atoms with Crippen molar-refractivity contribution in [2.24, 2.45) is 5.92 Å². The molecule has 0 spiro atoms. The van der Waals surface area contributed by atoms with Gasteiger partial charge in [0.05, 0.1) is 12.2 Å². The van der Waals surface area contributed by atoms with Crippen LogP contribution in [0.4, 0.5) is 9.59 Å². The Morgan fingerprint density at radius 2 is 1.46 bits per heavy atom. The van der Waals surface area contributed by atoms with E-state index in [0.29, 0.717) is 38.6 Å². The lowest BCUT2D eigenvalue weighted by Gasteiger charge is -2.42. The lowest BCUT2D eigenvalue weighted by Crippen LogP contribution is -2.64. The van der Waals surface area contributed by atoms with Crippen LogP contribution in [0.25, 0.3) is 11.1 Å². The van der Waals surface area contributed by atoms with E-state index < -0.39 is 77.2 Å². The van der Waals surface area contributed by atoms with Crippen LogP contribution < -0.4 is 16.0 Å². The average molecular weight is 922 g/mol. The van der Waals surface area contributed by atoms with Crippen molar-refractivity contribution in [2.45, 2.75) is 128 Å². The van der Waals surface area contributed by atoms with E-state index in [-0.39, 0.29) is 45.2 Å². The largest absolute Gasteiger partial charge is 0.458 e. The molecule has 3 aromatic carbocycles. The topological polar surface area (TPSA) is 182 Å². The number of benzene rings is 3. The first-order valence-electron chi connectivity index (χ1n) is 23.4. The number of fused-ring (bicyclic) bond motifs is 3. The highest BCUT2D eigenvalue weighted by Crippen LogP contribution is 2.44. The van der Waals surface area contributed by atoms with E-state index >= 15 is 0 Å². The van der Waals surface area contributed by atoms with Crippen molar-refractivity contribution in [3.63, 3.8) is 0 Å². The summed E-state index contributed by atoms with van der Waals surface area (Å²) >= 11 is 0. The number of hydrogen-bond acceptors (Lipinski definition) is 10. The van der Waals surface area contributed by atoms with Crippen molar-refractivity contribution in [3.05, 3.63) is 108 Å². The van der Waals surface area contributed by atoms with Crippen LogP contribution in [0.15, 0.2) is 91.5 Å². The number of hydrogen-bond donors (Lipinski definition) is 3. The molecular weight excluding hydrogens is 855 g/mol. The molecule has 0 saturated carbocycles. The first-order chi connectivity index (χ1) is 31.9. The van der Waals surface area contributed by atoms with Gasteiger partial charge in [-0.15, -0.1) is 6.58 Å². The van der Waals surface area contributed by atoms with Crippen LogP contribution in [0.2, 0.25) is 0 Å². The molecule has 0 unspecified atom stereocenters. The van der Waals surface area contributed by atoms with Crippen LogP contribution in [0, 0.1) is 5.92 Å². The number of ether oxygens (including phenoxy) is 4. The molecule has 3 aliphatic rings. The summed E-state index contributed by atoms with van der Waals surface area (Å²) in [6.45, 7) is 15.4. The second-order valence-corrected chi connectivity index (χ2v) is 19.4. The van der Waals surface area contributed by atoms with Gasteiger partial charge < -0.3 is 44.7 Å². The standard InChI is InChI=1S/C52H67N5O10/c1-8-35-27-30-57(42(46(59)56-29-18-26-43(56)48(61)67-52(5,6)7)25-16-17-28-53-49(62)64-31-34-19-10-9-11-20-34)47(60)44(35)55-45(58)41(33-66-51(2,3)4)54-50(63)65-32-40-38-23-14-12-21-36(38)37-22-13-15-24-39(37)40/h8-15,19-24,35,40-44H,1,16-18,25-33H2,2-7H3,(H,53,62)(H,54,63)(H,55,58)/t35-,41+,42+,43+,44+/m1/s1. The Morgan fingerprint density at radius 3 is 2.10 bits per heavy atom. The summed E-state index contributed by atoms with van der Waals surface area (Å²) in [6, 6.07) is 21.1. The monoisotopic (exact) mass is 921 g/mol. The molecule has 15 nitrogen and oxygen atoms in total. The molecule has 0 radical (unpaired) electrons. The third kappa shape index (κ3) is 13.5. The zero-order valence-corrected chi connectivity index (χ0v) is 39.7. The predicted molar refractivity (Wildman–Crippen MR) is 252 cm³/mol. The minimum atomic E-state index is -1.26. The molecule has 15 heteroatoms. The number of amides is 5. The number of unbranched alkanes of at least 4 members (excludes halogenated alkanes) is 1. The van der Waals surface area contributed by atoms with E-state index in [1.165, 1.54) is 9.80 Å². The molecular formula is C52H67N5O10. The van der Waals surface area contributed by atoms with Crippen molar-refractivity contribution >= 4 is 35.9 Å². The Hall–Kier alpha value is -6.22. The van der Waals surface area contributed by atoms with Gasteiger partial charge in [-0.3, -0.25) is 14.4 Å². The Morgan fingerprint density at radius 1 is 0.806 bits per heavy atom. The van der Waals surface area contributed by atoms with Gasteiger partial charge >= 0.3 is 18.2 Å². The number of carbonyl (C=O) groups is 6. The Balaban J connectivity index is 1.15. The molecule has 5 atom stereocenters. The molecule has 0 bridgehead atoms. The zero-order chi connectivity index (χ0) is 48.3. The van der Waals surface area contributed by atoms with Gasteiger partial charge in [0.1, 0.15) is 43.0 Å². The summed E-state index contributed by atoms with van der Waals surface area (Å²) < 4.78 is 22.9. The van der Waals surface area contributed by atoms with E-state index in [4.69, 9.17) is 18.9 Å². The number of esters is 1. The maximum Gasteiger partial charge on any atom is 0.407 e. The summed E-state index contributed by atoms with van der Waals surface area (Å²) in [6.07, 6.45) is 2.69.